The zero-order valence-electron chi connectivity index (χ0n) is 18.4. The van der Waals surface area contributed by atoms with E-state index in [0.717, 1.165) is 45.2 Å². The third kappa shape index (κ3) is 5.31. The summed E-state index contributed by atoms with van der Waals surface area (Å²) in [5.41, 5.74) is 0.434. The van der Waals surface area contributed by atoms with Crippen molar-refractivity contribution in [3.05, 3.63) is 24.3 Å². The van der Waals surface area contributed by atoms with Crippen LogP contribution >= 0.6 is 0 Å². The van der Waals surface area contributed by atoms with E-state index in [-0.39, 0.29) is 29.3 Å². The molecule has 1 atom stereocenters. The zero-order valence-corrected chi connectivity index (χ0v) is 19.2. The maximum Gasteiger partial charge on any atom is 0.243 e. The fourth-order valence-electron chi connectivity index (χ4n) is 4.66. The monoisotopic (exact) mass is 464 g/mol. The quantitative estimate of drug-likeness (QED) is 0.678. The van der Waals surface area contributed by atoms with E-state index in [1.54, 1.807) is 12.1 Å². The molecular weight excluding hydrogens is 432 g/mol. The lowest BCUT2D eigenvalue weighted by molar-refractivity contribution is -0.137. The summed E-state index contributed by atoms with van der Waals surface area (Å²) in [5.74, 6) is -0.111. The van der Waals surface area contributed by atoms with Crippen molar-refractivity contribution >= 4 is 27.5 Å². The molecule has 3 saturated heterocycles. The number of hydrogen-bond acceptors (Lipinski definition) is 6. The fourth-order valence-corrected chi connectivity index (χ4v) is 6.12. The first-order valence-corrected chi connectivity index (χ1v) is 12.9. The summed E-state index contributed by atoms with van der Waals surface area (Å²) < 4.78 is 32.4. The first-order chi connectivity index (χ1) is 15.4. The number of piperidine rings is 1. The summed E-state index contributed by atoms with van der Waals surface area (Å²) in [6.45, 7) is 3.83. The van der Waals surface area contributed by atoms with Crippen molar-refractivity contribution in [1.29, 1.82) is 0 Å². The molecule has 0 radical (unpaired) electrons. The number of hydrogen-bond donors (Lipinski definition) is 1. The number of morpholine rings is 1. The van der Waals surface area contributed by atoms with Gasteiger partial charge in [0.05, 0.1) is 30.7 Å². The summed E-state index contributed by atoms with van der Waals surface area (Å²) in [6.07, 6.45) is 4.81. The minimum Gasteiger partial charge on any atom is -0.379 e. The number of rotatable bonds is 6. The number of nitrogens with zero attached hydrogens (tertiary/aromatic N) is 3. The van der Waals surface area contributed by atoms with Crippen LogP contribution in [0.25, 0.3) is 0 Å². The minimum absolute atomic E-state index is 0.116. The van der Waals surface area contributed by atoms with Crippen LogP contribution in [0.5, 0.6) is 0 Å². The molecule has 2 amide bonds. The molecule has 1 aromatic rings. The fraction of sp³-hybridized carbons (Fsp3) is 0.636. The van der Waals surface area contributed by atoms with Gasteiger partial charge in [-0.2, -0.15) is 4.31 Å². The van der Waals surface area contributed by atoms with Gasteiger partial charge in [0, 0.05) is 31.9 Å². The number of carbonyl (C=O) groups is 2. The molecule has 0 aliphatic carbocycles. The Hall–Kier alpha value is -2.01. The Balaban J connectivity index is 1.40. The molecule has 4 rings (SSSR count). The highest BCUT2D eigenvalue weighted by Crippen LogP contribution is 2.23. The molecule has 3 aliphatic rings. The Morgan fingerprint density at radius 1 is 1.00 bits per heavy atom. The number of amides is 2. The summed E-state index contributed by atoms with van der Waals surface area (Å²) in [6, 6.07) is 6.09. The second-order valence-corrected chi connectivity index (χ2v) is 10.5. The second-order valence-electron chi connectivity index (χ2n) is 8.61. The van der Waals surface area contributed by atoms with Crippen molar-refractivity contribution in [2.75, 3.05) is 57.8 Å². The largest absolute Gasteiger partial charge is 0.379 e. The number of likely N-dealkylation sites (tertiary alicyclic amines) is 2. The van der Waals surface area contributed by atoms with E-state index in [4.69, 9.17) is 4.74 Å². The van der Waals surface area contributed by atoms with E-state index in [0.29, 0.717) is 38.5 Å². The van der Waals surface area contributed by atoms with Crippen molar-refractivity contribution in [1.82, 2.24) is 14.1 Å². The van der Waals surface area contributed by atoms with Gasteiger partial charge in [0.15, 0.2) is 0 Å². The lowest BCUT2D eigenvalue weighted by Crippen LogP contribution is -2.52. The first kappa shape index (κ1) is 23.2. The average molecular weight is 465 g/mol. The van der Waals surface area contributed by atoms with Crippen LogP contribution in [0.4, 0.5) is 5.69 Å². The van der Waals surface area contributed by atoms with Crippen molar-refractivity contribution < 1.29 is 22.7 Å². The van der Waals surface area contributed by atoms with Gasteiger partial charge >= 0.3 is 0 Å². The maximum atomic E-state index is 12.9. The predicted molar refractivity (Wildman–Crippen MR) is 120 cm³/mol. The predicted octanol–water partition coefficient (Wildman–Crippen LogP) is 1.12. The summed E-state index contributed by atoms with van der Waals surface area (Å²) in [5, 5.41) is 2.82. The van der Waals surface area contributed by atoms with E-state index < -0.39 is 10.0 Å². The Morgan fingerprint density at radius 3 is 2.47 bits per heavy atom. The summed E-state index contributed by atoms with van der Waals surface area (Å²) in [7, 11) is -3.64. The normalized spacial score (nSPS) is 23.2. The first-order valence-electron chi connectivity index (χ1n) is 11.5. The van der Waals surface area contributed by atoms with Crippen LogP contribution in [0.15, 0.2) is 29.2 Å². The Morgan fingerprint density at radius 2 is 1.72 bits per heavy atom. The van der Waals surface area contributed by atoms with E-state index >= 15 is 0 Å². The van der Waals surface area contributed by atoms with Crippen LogP contribution in [0.1, 0.15) is 32.1 Å². The lowest BCUT2D eigenvalue weighted by Gasteiger charge is -2.36. The molecule has 0 bridgehead atoms. The van der Waals surface area contributed by atoms with Crippen LogP contribution in [0, 0.1) is 0 Å². The summed E-state index contributed by atoms with van der Waals surface area (Å²) >= 11 is 0. The third-order valence-corrected chi connectivity index (χ3v) is 8.28. The van der Waals surface area contributed by atoms with Crippen LogP contribution in [0.3, 0.4) is 0 Å². The number of nitrogens with one attached hydrogen (secondary N) is 1. The van der Waals surface area contributed by atoms with Gasteiger partial charge in [-0.15, -0.1) is 0 Å². The van der Waals surface area contributed by atoms with Gasteiger partial charge in [0.1, 0.15) is 0 Å². The second kappa shape index (κ2) is 10.3. The van der Waals surface area contributed by atoms with Crippen LogP contribution in [-0.2, 0) is 24.3 Å². The number of ether oxygens (including phenoxy) is 1. The minimum atomic E-state index is -3.64. The third-order valence-electron chi connectivity index (χ3n) is 6.39. The number of sulfonamides is 1. The van der Waals surface area contributed by atoms with Gasteiger partial charge in [-0.1, -0.05) is 12.5 Å². The molecule has 32 heavy (non-hydrogen) atoms. The molecule has 1 unspecified atom stereocenters. The van der Waals surface area contributed by atoms with Crippen LogP contribution in [0.2, 0.25) is 0 Å². The molecule has 176 valence electrons. The van der Waals surface area contributed by atoms with Gasteiger partial charge < -0.3 is 15.0 Å². The van der Waals surface area contributed by atoms with E-state index in [1.165, 1.54) is 16.4 Å². The van der Waals surface area contributed by atoms with Crippen molar-refractivity contribution in [3.8, 4) is 0 Å². The highest BCUT2D eigenvalue weighted by molar-refractivity contribution is 7.89. The van der Waals surface area contributed by atoms with Crippen molar-refractivity contribution in [2.45, 2.75) is 43.0 Å². The van der Waals surface area contributed by atoms with Crippen LogP contribution < -0.4 is 5.32 Å². The standard InChI is InChI=1S/C22H32N4O5S/c27-21(17-25-11-2-1-8-20(25)22(28)24-9-3-4-10-24)23-18-6-5-7-19(16-18)32(29,30)26-12-14-31-15-13-26/h5-7,16,20H,1-4,8-15,17H2,(H,23,27). The molecule has 3 heterocycles. The van der Waals surface area contributed by atoms with Gasteiger partial charge in [-0.3, -0.25) is 14.5 Å². The Labute approximate surface area is 189 Å². The number of anilines is 1. The number of carbonyl (C=O) groups excluding carboxylic acids is 2. The molecule has 3 fully saturated rings. The molecule has 9 nitrogen and oxygen atoms in total. The molecule has 0 spiro atoms. The molecule has 3 aliphatic heterocycles. The highest BCUT2D eigenvalue weighted by atomic mass is 32.2. The van der Waals surface area contributed by atoms with Crippen molar-refractivity contribution in [3.63, 3.8) is 0 Å². The smallest absolute Gasteiger partial charge is 0.243 e. The van der Waals surface area contributed by atoms with E-state index in [2.05, 4.69) is 5.32 Å². The van der Waals surface area contributed by atoms with Gasteiger partial charge in [-0.05, 0) is 50.4 Å². The Bertz CT molecular complexity index is 926. The van der Waals surface area contributed by atoms with Gasteiger partial charge in [0.25, 0.3) is 0 Å². The molecule has 0 saturated carbocycles. The molecule has 10 heteroatoms. The highest BCUT2D eigenvalue weighted by Gasteiger charge is 2.34. The maximum absolute atomic E-state index is 12.9. The molecule has 1 aromatic carbocycles. The lowest BCUT2D eigenvalue weighted by atomic mass is 10.0. The average Bonchev–Trinajstić information content (AvgIpc) is 3.35. The van der Waals surface area contributed by atoms with Crippen molar-refractivity contribution in [2.24, 2.45) is 0 Å². The number of benzene rings is 1. The molecular formula is C22H32N4O5S. The topological polar surface area (TPSA) is 99.3 Å². The SMILES string of the molecule is O=C(CN1CCCCC1C(=O)N1CCCC1)Nc1cccc(S(=O)(=O)N2CCOCC2)c1. The van der Waals surface area contributed by atoms with E-state index in [9.17, 15) is 18.0 Å². The molecule has 1 N–H and O–H groups in total. The van der Waals surface area contributed by atoms with Gasteiger partial charge in [0.2, 0.25) is 21.8 Å². The van der Waals surface area contributed by atoms with E-state index in [1.807, 2.05) is 9.80 Å². The Kier molecular flexibility index (Phi) is 7.44. The van der Waals surface area contributed by atoms with Crippen LogP contribution in [-0.4, -0.2) is 92.9 Å². The zero-order chi connectivity index (χ0) is 22.6. The molecule has 0 aromatic heterocycles. The summed E-state index contributed by atoms with van der Waals surface area (Å²) in [4.78, 5) is 29.7. The van der Waals surface area contributed by atoms with Gasteiger partial charge in [-0.25, -0.2) is 8.42 Å².